The number of hydrogen-bond acceptors (Lipinski definition) is 2. The molecule has 0 bridgehead atoms. The zero-order valence-electron chi connectivity index (χ0n) is 10.4. The molecule has 96 valence electrons. The second-order valence-corrected chi connectivity index (χ2v) is 4.68. The second kappa shape index (κ2) is 6.03. The summed E-state index contributed by atoms with van der Waals surface area (Å²) in [6.07, 6.45) is 3.68. The Labute approximate surface area is 112 Å². The fraction of sp³-hybridized carbons (Fsp3) is 0.357. The number of rotatable bonds is 5. The fourth-order valence-electron chi connectivity index (χ4n) is 2.03. The summed E-state index contributed by atoms with van der Waals surface area (Å²) in [5.74, 6) is 0. The maximum absolute atomic E-state index is 9.30. The lowest BCUT2D eigenvalue weighted by Crippen LogP contribution is -2.07. The van der Waals surface area contributed by atoms with Crippen molar-refractivity contribution >= 4 is 11.6 Å². The average molecular weight is 265 g/mol. The molecule has 18 heavy (non-hydrogen) atoms. The molecule has 0 aliphatic carbocycles. The van der Waals surface area contributed by atoms with Crippen LogP contribution in [0.2, 0.25) is 5.02 Å². The summed E-state index contributed by atoms with van der Waals surface area (Å²) in [5, 5.41) is 14.4. The third kappa shape index (κ3) is 2.74. The standard InChI is InChI=1S/C14H17ClN2O/c1-2-5-14-12(10-18)8-16-17(14)9-11-6-3-4-7-13(11)15/h3-4,6-8,18H,2,5,9-10H2,1H3. The molecule has 1 aromatic heterocycles. The first-order valence-electron chi connectivity index (χ1n) is 6.14. The molecule has 0 amide bonds. The highest BCUT2D eigenvalue weighted by atomic mass is 35.5. The molecule has 1 heterocycles. The van der Waals surface area contributed by atoms with Crippen LogP contribution in [-0.2, 0) is 19.6 Å². The van der Waals surface area contributed by atoms with Crippen LogP contribution >= 0.6 is 11.6 Å². The third-order valence-electron chi connectivity index (χ3n) is 2.97. The van der Waals surface area contributed by atoms with Crippen molar-refractivity contribution in [3.05, 3.63) is 52.3 Å². The summed E-state index contributed by atoms with van der Waals surface area (Å²) in [4.78, 5) is 0. The number of hydrogen-bond donors (Lipinski definition) is 1. The molecule has 1 N–H and O–H groups in total. The van der Waals surface area contributed by atoms with Crippen LogP contribution in [0.25, 0.3) is 0 Å². The lowest BCUT2D eigenvalue weighted by atomic mass is 10.1. The Morgan fingerprint density at radius 3 is 2.72 bits per heavy atom. The van der Waals surface area contributed by atoms with E-state index >= 15 is 0 Å². The predicted octanol–water partition coefficient (Wildman–Crippen LogP) is 3.03. The fourth-order valence-corrected chi connectivity index (χ4v) is 2.23. The van der Waals surface area contributed by atoms with Gasteiger partial charge in [-0.05, 0) is 18.1 Å². The Morgan fingerprint density at radius 2 is 2.06 bits per heavy atom. The molecule has 0 aliphatic heterocycles. The predicted molar refractivity (Wildman–Crippen MR) is 72.7 cm³/mol. The quantitative estimate of drug-likeness (QED) is 0.901. The van der Waals surface area contributed by atoms with E-state index in [9.17, 15) is 5.11 Å². The first-order chi connectivity index (χ1) is 8.76. The maximum Gasteiger partial charge on any atom is 0.0715 e. The van der Waals surface area contributed by atoms with E-state index in [-0.39, 0.29) is 6.61 Å². The zero-order valence-corrected chi connectivity index (χ0v) is 11.2. The van der Waals surface area contributed by atoms with Crippen LogP contribution in [0.1, 0.15) is 30.2 Å². The molecule has 2 aromatic rings. The van der Waals surface area contributed by atoms with Crippen LogP contribution in [0.15, 0.2) is 30.5 Å². The van der Waals surface area contributed by atoms with Gasteiger partial charge in [0.25, 0.3) is 0 Å². The van der Waals surface area contributed by atoms with E-state index in [1.54, 1.807) is 6.20 Å². The van der Waals surface area contributed by atoms with Gasteiger partial charge in [0.1, 0.15) is 0 Å². The normalized spacial score (nSPS) is 10.8. The molecule has 0 saturated carbocycles. The van der Waals surface area contributed by atoms with Gasteiger partial charge in [-0.3, -0.25) is 4.68 Å². The zero-order chi connectivity index (χ0) is 13.0. The minimum Gasteiger partial charge on any atom is -0.392 e. The average Bonchev–Trinajstić information content (AvgIpc) is 2.75. The Balaban J connectivity index is 2.29. The highest BCUT2D eigenvalue weighted by Gasteiger charge is 2.10. The van der Waals surface area contributed by atoms with Gasteiger partial charge < -0.3 is 5.11 Å². The van der Waals surface area contributed by atoms with Gasteiger partial charge in [0.05, 0.1) is 19.3 Å². The van der Waals surface area contributed by atoms with Crippen LogP contribution in [-0.4, -0.2) is 14.9 Å². The smallest absolute Gasteiger partial charge is 0.0715 e. The van der Waals surface area contributed by atoms with E-state index in [4.69, 9.17) is 11.6 Å². The summed E-state index contributed by atoms with van der Waals surface area (Å²) in [5.41, 5.74) is 3.05. The number of halogens is 1. The highest BCUT2D eigenvalue weighted by molar-refractivity contribution is 6.31. The maximum atomic E-state index is 9.30. The van der Waals surface area contributed by atoms with Crippen molar-refractivity contribution in [1.82, 2.24) is 9.78 Å². The van der Waals surface area contributed by atoms with Gasteiger partial charge in [0.2, 0.25) is 0 Å². The van der Waals surface area contributed by atoms with Gasteiger partial charge in [-0.15, -0.1) is 0 Å². The van der Waals surface area contributed by atoms with E-state index in [0.717, 1.165) is 34.7 Å². The van der Waals surface area contributed by atoms with Gasteiger partial charge in [-0.1, -0.05) is 43.1 Å². The summed E-state index contributed by atoms with van der Waals surface area (Å²) in [6, 6.07) is 7.77. The molecule has 0 spiro atoms. The van der Waals surface area contributed by atoms with Crippen molar-refractivity contribution < 1.29 is 5.11 Å². The molecule has 0 aliphatic rings. The van der Waals surface area contributed by atoms with Crippen LogP contribution < -0.4 is 0 Å². The van der Waals surface area contributed by atoms with Crippen molar-refractivity contribution in [2.75, 3.05) is 0 Å². The number of aromatic nitrogens is 2. The van der Waals surface area contributed by atoms with Crippen molar-refractivity contribution in [2.45, 2.75) is 32.9 Å². The summed E-state index contributed by atoms with van der Waals surface area (Å²) < 4.78 is 1.93. The molecule has 4 heteroatoms. The lowest BCUT2D eigenvalue weighted by molar-refractivity contribution is 0.280. The third-order valence-corrected chi connectivity index (χ3v) is 3.34. The van der Waals surface area contributed by atoms with E-state index in [0.29, 0.717) is 6.54 Å². The van der Waals surface area contributed by atoms with Crippen molar-refractivity contribution in [3.63, 3.8) is 0 Å². The Morgan fingerprint density at radius 1 is 1.28 bits per heavy atom. The summed E-state index contributed by atoms with van der Waals surface area (Å²) >= 11 is 6.15. The molecule has 0 unspecified atom stereocenters. The molecule has 0 saturated heterocycles. The number of nitrogens with zero attached hydrogens (tertiary/aromatic N) is 2. The van der Waals surface area contributed by atoms with Crippen molar-refractivity contribution in [1.29, 1.82) is 0 Å². The molecule has 2 rings (SSSR count). The number of benzene rings is 1. The topological polar surface area (TPSA) is 38.1 Å². The van der Waals surface area contributed by atoms with E-state index < -0.39 is 0 Å². The second-order valence-electron chi connectivity index (χ2n) is 4.27. The minimum absolute atomic E-state index is 0.0395. The van der Waals surface area contributed by atoms with Crippen LogP contribution in [0.3, 0.4) is 0 Å². The Kier molecular flexibility index (Phi) is 4.39. The molecule has 0 fully saturated rings. The SMILES string of the molecule is CCCc1c(CO)cnn1Cc1ccccc1Cl. The summed E-state index contributed by atoms with van der Waals surface area (Å²) in [6.45, 7) is 2.81. The molecule has 3 nitrogen and oxygen atoms in total. The first-order valence-corrected chi connectivity index (χ1v) is 6.52. The van der Waals surface area contributed by atoms with E-state index in [1.807, 2.05) is 28.9 Å². The van der Waals surface area contributed by atoms with E-state index in [1.165, 1.54) is 0 Å². The number of aliphatic hydroxyl groups is 1. The summed E-state index contributed by atoms with van der Waals surface area (Å²) in [7, 11) is 0. The molecule has 0 atom stereocenters. The largest absolute Gasteiger partial charge is 0.392 e. The van der Waals surface area contributed by atoms with Gasteiger partial charge in [-0.25, -0.2) is 0 Å². The van der Waals surface area contributed by atoms with Crippen LogP contribution in [0.5, 0.6) is 0 Å². The van der Waals surface area contributed by atoms with Crippen molar-refractivity contribution in [2.24, 2.45) is 0 Å². The van der Waals surface area contributed by atoms with Crippen LogP contribution in [0, 0.1) is 0 Å². The Hall–Kier alpha value is -1.32. The Bertz CT molecular complexity index is 522. The van der Waals surface area contributed by atoms with Crippen LogP contribution in [0.4, 0.5) is 0 Å². The lowest BCUT2D eigenvalue weighted by Gasteiger charge is -2.09. The monoisotopic (exact) mass is 264 g/mol. The van der Waals surface area contributed by atoms with Gasteiger partial charge in [0, 0.05) is 16.3 Å². The molecule has 1 aromatic carbocycles. The molecule has 0 radical (unpaired) electrons. The molecular formula is C14H17ClN2O. The molecular weight excluding hydrogens is 248 g/mol. The highest BCUT2D eigenvalue weighted by Crippen LogP contribution is 2.18. The first kappa shape index (κ1) is 13.1. The van der Waals surface area contributed by atoms with Crippen molar-refractivity contribution in [3.8, 4) is 0 Å². The minimum atomic E-state index is 0.0395. The van der Waals surface area contributed by atoms with E-state index in [2.05, 4.69) is 12.0 Å². The number of aliphatic hydroxyl groups excluding tert-OH is 1. The van der Waals surface area contributed by atoms with Gasteiger partial charge >= 0.3 is 0 Å². The van der Waals surface area contributed by atoms with Gasteiger partial charge in [-0.2, -0.15) is 5.10 Å². The van der Waals surface area contributed by atoms with Gasteiger partial charge in [0.15, 0.2) is 0 Å².